The summed E-state index contributed by atoms with van der Waals surface area (Å²) in [5.74, 6) is 0.577. The summed E-state index contributed by atoms with van der Waals surface area (Å²) in [4.78, 5) is 7.24. The van der Waals surface area contributed by atoms with Gasteiger partial charge in [-0.05, 0) is 31.2 Å². The molecule has 106 valence electrons. The number of nitrogens with zero attached hydrogens (tertiary/aromatic N) is 3. The zero-order chi connectivity index (χ0) is 14.1. The molecular formula is C17H18N4. The van der Waals surface area contributed by atoms with Gasteiger partial charge in [-0.2, -0.15) is 5.10 Å². The maximum atomic E-state index is 4.76. The molecule has 1 saturated heterocycles. The Bertz CT molecular complexity index is 735. The van der Waals surface area contributed by atoms with Crippen LogP contribution in [0.2, 0.25) is 0 Å². The molecule has 0 bridgehead atoms. The van der Waals surface area contributed by atoms with Gasteiger partial charge in [0.15, 0.2) is 0 Å². The number of hydrogen-bond donors (Lipinski definition) is 1. The zero-order valence-corrected chi connectivity index (χ0v) is 11.9. The van der Waals surface area contributed by atoms with Crippen LogP contribution >= 0.6 is 0 Å². The molecule has 0 aliphatic carbocycles. The highest BCUT2D eigenvalue weighted by Crippen LogP contribution is 2.26. The second-order valence-electron chi connectivity index (χ2n) is 5.73. The van der Waals surface area contributed by atoms with Crippen LogP contribution in [0.5, 0.6) is 0 Å². The van der Waals surface area contributed by atoms with E-state index >= 15 is 0 Å². The number of likely N-dealkylation sites (tertiary alicyclic amines) is 1. The number of H-pyrrole nitrogens is 1. The van der Waals surface area contributed by atoms with Crippen LogP contribution in [0.25, 0.3) is 10.9 Å². The highest BCUT2D eigenvalue weighted by Gasteiger charge is 2.24. The molecule has 0 spiro atoms. The van der Waals surface area contributed by atoms with Crippen LogP contribution < -0.4 is 0 Å². The first kappa shape index (κ1) is 12.5. The second kappa shape index (κ2) is 5.30. The Balaban J connectivity index is 1.48. The first-order valence-corrected chi connectivity index (χ1v) is 7.45. The molecule has 1 aromatic carbocycles. The van der Waals surface area contributed by atoms with Gasteiger partial charge in [-0.25, -0.2) is 0 Å². The Morgan fingerprint density at radius 3 is 3.00 bits per heavy atom. The first-order valence-electron chi connectivity index (χ1n) is 7.45. The molecule has 3 heterocycles. The molecule has 4 heteroatoms. The molecule has 0 amide bonds. The number of para-hydroxylation sites is 1. The van der Waals surface area contributed by atoms with Crippen molar-refractivity contribution in [1.82, 2.24) is 20.1 Å². The van der Waals surface area contributed by atoms with Gasteiger partial charge >= 0.3 is 0 Å². The fourth-order valence-corrected chi connectivity index (χ4v) is 3.15. The van der Waals surface area contributed by atoms with Gasteiger partial charge < -0.3 is 0 Å². The lowest BCUT2D eigenvalue weighted by molar-refractivity contribution is 0.322. The molecule has 0 saturated carbocycles. The quantitative estimate of drug-likeness (QED) is 0.801. The lowest BCUT2D eigenvalue weighted by Gasteiger charge is -2.15. The number of hydrogen-bond acceptors (Lipinski definition) is 3. The minimum atomic E-state index is 0.577. The lowest BCUT2D eigenvalue weighted by atomic mass is 10.1. The molecule has 1 unspecified atom stereocenters. The van der Waals surface area contributed by atoms with Crippen LogP contribution in [0.3, 0.4) is 0 Å². The van der Waals surface area contributed by atoms with Gasteiger partial charge in [0.1, 0.15) is 0 Å². The summed E-state index contributed by atoms with van der Waals surface area (Å²) >= 11 is 0. The van der Waals surface area contributed by atoms with E-state index in [9.17, 15) is 0 Å². The fourth-order valence-electron chi connectivity index (χ4n) is 3.15. The predicted molar refractivity (Wildman–Crippen MR) is 83.0 cm³/mol. The Morgan fingerprint density at radius 2 is 2.10 bits per heavy atom. The lowest BCUT2D eigenvalue weighted by Crippen LogP contribution is -2.20. The van der Waals surface area contributed by atoms with Crippen molar-refractivity contribution < 1.29 is 0 Å². The van der Waals surface area contributed by atoms with E-state index in [1.54, 1.807) is 0 Å². The Kier molecular flexibility index (Phi) is 3.16. The molecule has 1 fully saturated rings. The van der Waals surface area contributed by atoms with Gasteiger partial charge in [0, 0.05) is 36.3 Å². The number of pyridine rings is 1. The van der Waals surface area contributed by atoms with Crippen molar-refractivity contribution in [3.8, 4) is 0 Å². The van der Waals surface area contributed by atoms with Crippen LogP contribution in [0.4, 0.5) is 0 Å². The largest absolute Gasteiger partial charge is 0.297 e. The van der Waals surface area contributed by atoms with E-state index in [0.717, 1.165) is 30.8 Å². The maximum Gasteiger partial charge on any atom is 0.0705 e. The van der Waals surface area contributed by atoms with E-state index in [0.29, 0.717) is 5.92 Å². The van der Waals surface area contributed by atoms with E-state index in [-0.39, 0.29) is 0 Å². The molecule has 3 aromatic rings. The van der Waals surface area contributed by atoms with Crippen LogP contribution in [0, 0.1) is 0 Å². The summed E-state index contributed by atoms with van der Waals surface area (Å²) in [5.41, 5.74) is 3.49. The van der Waals surface area contributed by atoms with Gasteiger partial charge in [0.2, 0.25) is 0 Å². The van der Waals surface area contributed by atoms with Crippen LogP contribution in [0.15, 0.2) is 48.7 Å². The predicted octanol–water partition coefficient (Wildman–Crippen LogP) is 2.95. The molecule has 4 rings (SSSR count). The van der Waals surface area contributed by atoms with Crippen molar-refractivity contribution in [1.29, 1.82) is 0 Å². The molecule has 0 radical (unpaired) electrons. The minimum absolute atomic E-state index is 0.577. The molecule has 4 nitrogen and oxygen atoms in total. The summed E-state index contributed by atoms with van der Waals surface area (Å²) in [6.45, 7) is 3.13. The molecule has 1 N–H and O–H groups in total. The van der Waals surface area contributed by atoms with E-state index in [4.69, 9.17) is 4.98 Å². The van der Waals surface area contributed by atoms with E-state index in [2.05, 4.69) is 51.5 Å². The third-order valence-electron chi connectivity index (χ3n) is 4.28. The average Bonchev–Trinajstić information content (AvgIpc) is 3.18. The standard InChI is InChI=1S/C17H18N4/c1-2-4-16-13(3-1)5-6-15(19-16)12-21-10-8-14(11-21)17-7-9-18-20-17/h1-7,9,14H,8,10-12H2,(H,18,20). The highest BCUT2D eigenvalue weighted by molar-refractivity contribution is 5.78. The molecule has 1 atom stereocenters. The third-order valence-corrected chi connectivity index (χ3v) is 4.28. The average molecular weight is 278 g/mol. The van der Waals surface area contributed by atoms with Crippen LogP contribution in [0.1, 0.15) is 23.7 Å². The van der Waals surface area contributed by atoms with Crippen molar-refractivity contribution in [3.05, 3.63) is 60.0 Å². The van der Waals surface area contributed by atoms with Gasteiger partial charge in [0.25, 0.3) is 0 Å². The topological polar surface area (TPSA) is 44.8 Å². The molecule has 1 aliphatic heterocycles. The second-order valence-corrected chi connectivity index (χ2v) is 5.73. The van der Waals surface area contributed by atoms with E-state index < -0.39 is 0 Å². The molecule has 1 aliphatic rings. The van der Waals surface area contributed by atoms with Gasteiger partial charge in [-0.15, -0.1) is 0 Å². The van der Waals surface area contributed by atoms with Crippen molar-refractivity contribution in [2.75, 3.05) is 13.1 Å². The summed E-state index contributed by atoms with van der Waals surface area (Å²) in [7, 11) is 0. The maximum absolute atomic E-state index is 4.76. The third kappa shape index (κ3) is 2.54. The minimum Gasteiger partial charge on any atom is -0.297 e. The Labute approximate surface area is 123 Å². The number of nitrogens with one attached hydrogen (secondary N) is 1. The van der Waals surface area contributed by atoms with Gasteiger partial charge in [-0.3, -0.25) is 15.0 Å². The molecule has 21 heavy (non-hydrogen) atoms. The summed E-state index contributed by atoms with van der Waals surface area (Å²) in [6.07, 6.45) is 3.03. The number of aromatic amines is 1. The zero-order valence-electron chi connectivity index (χ0n) is 11.9. The van der Waals surface area contributed by atoms with Crippen molar-refractivity contribution >= 4 is 10.9 Å². The number of benzene rings is 1. The Morgan fingerprint density at radius 1 is 1.14 bits per heavy atom. The fraction of sp³-hybridized carbons (Fsp3) is 0.294. The Hall–Kier alpha value is -2.20. The van der Waals surface area contributed by atoms with E-state index in [1.807, 2.05) is 12.3 Å². The van der Waals surface area contributed by atoms with Crippen LogP contribution in [-0.4, -0.2) is 33.2 Å². The van der Waals surface area contributed by atoms with Gasteiger partial charge in [0.05, 0.1) is 11.2 Å². The van der Waals surface area contributed by atoms with E-state index in [1.165, 1.54) is 17.5 Å². The van der Waals surface area contributed by atoms with Gasteiger partial charge in [-0.1, -0.05) is 24.3 Å². The SMILES string of the molecule is c1ccc2nc(CN3CCC(c4ccn[nH]4)C3)ccc2c1. The number of aromatic nitrogens is 3. The first-order chi connectivity index (χ1) is 10.4. The summed E-state index contributed by atoms with van der Waals surface area (Å²) in [5, 5.41) is 8.36. The number of fused-ring (bicyclic) bond motifs is 1. The van der Waals surface area contributed by atoms with Crippen molar-refractivity contribution in [2.24, 2.45) is 0 Å². The smallest absolute Gasteiger partial charge is 0.0705 e. The molecular weight excluding hydrogens is 260 g/mol. The highest BCUT2D eigenvalue weighted by atomic mass is 15.2. The monoisotopic (exact) mass is 278 g/mol. The number of rotatable bonds is 3. The summed E-state index contributed by atoms with van der Waals surface area (Å²) in [6, 6.07) is 14.7. The van der Waals surface area contributed by atoms with Crippen LogP contribution in [-0.2, 0) is 6.54 Å². The molecule has 2 aromatic heterocycles. The van der Waals surface area contributed by atoms with Crippen molar-refractivity contribution in [2.45, 2.75) is 18.9 Å². The van der Waals surface area contributed by atoms with Crippen molar-refractivity contribution in [3.63, 3.8) is 0 Å². The summed E-state index contributed by atoms with van der Waals surface area (Å²) < 4.78 is 0. The normalized spacial score (nSPS) is 19.3.